The van der Waals surface area contributed by atoms with Crippen LogP contribution in [0, 0.1) is 24.0 Å². The topological polar surface area (TPSA) is 81.8 Å². The van der Waals surface area contributed by atoms with Gasteiger partial charge in [-0.05, 0) is 31.7 Å². The average molecular weight is 297 g/mol. The van der Waals surface area contributed by atoms with Crippen molar-refractivity contribution in [1.82, 2.24) is 15.0 Å². The fourth-order valence-electron chi connectivity index (χ4n) is 1.45. The van der Waals surface area contributed by atoms with E-state index < -0.39 is 4.92 Å². The Morgan fingerprint density at radius 1 is 1.16 bits per heavy atom. The van der Waals surface area contributed by atoms with Gasteiger partial charge in [-0.15, -0.1) is 0 Å². The van der Waals surface area contributed by atoms with Gasteiger partial charge in [-0.1, -0.05) is 11.6 Å². The third kappa shape index (κ3) is 3.62. The Bertz CT molecular complexity index is 630. The maximum absolute atomic E-state index is 10.7. The SMILES string of the molecule is Cc1cc(C)nc(Sc2cc([N+](=O)[O-])cc(Cl)n2)n1. The molecule has 2 heterocycles. The second-order valence-electron chi connectivity index (χ2n) is 3.78. The molecule has 0 aliphatic heterocycles. The van der Waals surface area contributed by atoms with E-state index in [4.69, 9.17) is 11.6 Å². The highest BCUT2D eigenvalue weighted by Crippen LogP contribution is 2.28. The molecule has 8 heteroatoms. The highest BCUT2D eigenvalue weighted by Gasteiger charge is 2.12. The van der Waals surface area contributed by atoms with E-state index in [1.165, 1.54) is 12.1 Å². The number of nitro groups is 1. The predicted molar refractivity (Wildman–Crippen MR) is 71.5 cm³/mol. The largest absolute Gasteiger partial charge is 0.275 e. The molecule has 2 aromatic heterocycles. The number of aromatic nitrogens is 3. The smallest absolute Gasteiger partial charge is 0.258 e. The first-order chi connectivity index (χ1) is 8.94. The van der Waals surface area contributed by atoms with E-state index in [9.17, 15) is 10.1 Å². The minimum atomic E-state index is -0.514. The first-order valence-corrected chi connectivity index (χ1v) is 6.45. The van der Waals surface area contributed by atoms with Gasteiger partial charge < -0.3 is 0 Å². The van der Waals surface area contributed by atoms with Gasteiger partial charge in [0.15, 0.2) is 5.16 Å². The van der Waals surface area contributed by atoms with Crippen LogP contribution in [0.2, 0.25) is 5.15 Å². The molecular weight excluding hydrogens is 288 g/mol. The minimum absolute atomic E-state index is 0.0704. The van der Waals surface area contributed by atoms with E-state index in [0.717, 1.165) is 23.1 Å². The normalized spacial score (nSPS) is 10.5. The third-order valence-electron chi connectivity index (χ3n) is 2.12. The Morgan fingerprint density at radius 2 is 1.79 bits per heavy atom. The van der Waals surface area contributed by atoms with Crippen molar-refractivity contribution in [2.24, 2.45) is 0 Å². The molecule has 6 nitrogen and oxygen atoms in total. The van der Waals surface area contributed by atoms with E-state index in [2.05, 4.69) is 15.0 Å². The van der Waals surface area contributed by atoms with Gasteiger partial charge in [-0.2, -0.15) is 0 Å². The summed E-state index contributed by atoms with van der Waals surface area (Å²) in [5.74, 6) is 0. The number of hydrogen-bond donors (Lipinski definition) is 0. The van der Waals surface area contributed by atoms with Gasteiger partial charge >= 0.3 is 0 Å². The lowest BCUT2D eigenvalue weighted by atomic mass is 10.4. The maximum atomic E-state index is 10.7. The molecule has 0 N–H and O–H groups in total. The highest BCUT2D eigenvalue weighted by atomic mass is 35.5. The number of hydrogen-bond acceptors (Lipinski definition) is 6. The first-order valence-electron chi connectivity index (χ1n) is 5.26. The molecule has 0 atom stereocenters. The molecule has 0 unspecified atom stereocenters. The van der Waals surface area contributed by atoms with Gasteiger partial charge in [0.2, 0.25) is 0 Å². The van der Waals surface area contributed by atoms with Crippen LogP contribution in [0.3, 0.4) is 0 Å². The van der Waals surface area contributed by atoms with E-state index in [-0.39, 0.29) is 10.8 Å². The summed E-state index contributed by atoms with van der Waals surface area (Å²) in [6.07, 6.45) is 0. The number of aryl methyl sites for hydroxylation is 2. The summed E-state index contributed by atoms with van der Waals surface area (Å²) in [7, 11) is 0. The molecule has 0 saturated heterocycles. The molecule has 98 valence electrons. The van der Waals surface area contributed by atoms with Crippen LogP contribution in [-0.4, -0.2) is 19.9 Å². The van der Waals surface area contributed by atoms with Crippen molar-refractivity contribution in [1.29, 1.82) is 0 Å². The molecule has 0 aromatic carbocycles. The van der Waals surface area contributed by atoms with Crippen molar-refractivity contribution in [3.63, 3.8) is 0 Å². The molecule has 19 heavy (non-hydrogen) atoms. The van der Waals surface area contributed by atoms with Crippen LogP contribution in [-0.2, 0) is 0 Å². The van der Waals surface area contributed by atoms with E-state index >= 15 is 0 Å². The van der Waals surface area contributed by atoms with Gasteiger partial charge in [0, 0.05) is 17.5 Å². The molecule has 0 radical (unpaired) electrons. The summed E-state index contributed by atoms with van der Waals surface area (Å²) >= 11 is 6.89. The molecule has 0 spiro atoms. The molecule has 2 aromatic rings. The summed E-state index contributed by atoms with van der Waals surface area (Å²) in [6.45, 7) is 3.71. The van der Waals surface area contributed by atoms with Crippen LogP contribution in [0.4, 0.5) is 5.69 Å². The second-order valence-corrected chi connectivity index (χ2v) is 5.15. The second kappa shape index (κ2) is 5.50. The zero-order valence-electron chi connectivity index (χ0n) is 10.1. The van der Waals surface area contributed by atoms with Crippen LogP contribution >= 0.6 is 23.4 Å². The number of nitrogens with zero attached hydrogens (tertiary/aromatic N) is 4. The summed E-state index contributed by atoms with van der Waals surface area (Å²) in [5.41, 5.74) is 1.55. The standard InChI is InChI=1S/C11H9ClN4O2S/c1-6-3-7(2)14-11(13-6)19-10-5-8(16(17)18)4-9(12)15-10/h3-5H,1-2H3. The quantitative estimate of drug-likeness (QED) is 0.374. The van der Waals surface area contributed by atoms with Gasteiger partial charge in [-0.3, -0.25) is 10.1 Å². The summed E-state index contributed by atoms with van der Waals surface area (Å²) in [5, 5.41) is 11.7. The first kappa shape index (κ1) is 13.7. The predicted octanol–water partition coefficient (Wildman–Crippen LogP) is 3.20. The van der Waals surface area contributed by atoms with Crippen molar-refractivity contribution in [2.75, 3.05) is 0 Å². The van der Waals surface area contributed by atoms with Gasteiger partial charge in [0.05, 0.1) is 11.0 Å². The van der Waals surface area contributed by atoms with E-state index in [1.807, 2.05) is 19.9 Å². The van der Waals surface area contributed by atoms with Crippen molar-refractivity contribution >= 4 is 29.1 Å². The zero-order chi connectivity index (χ0) is 14.0. The van der Waals surface area contributed by atoms with Crippen LogP contribution in [0.15, 0.2) is 28.4 Å². The fraction of sp³-hybridized carbons (Fsp3) is 0.182. The number of rotatable bonds is 3. The lowest BCUT2D eigenvalue weighted by Crippen LogP contribution is -1.94. The molecular formula is C11H9ClN4O2S. The molecule has 0 amide bonds. The van der Waals surface area contributed by atoms with E-state index in [1.54, 1.807) is 0 Å². The Hall–Kier alpha value is -1.73. The number of halogens is 1. The fourth-order valence-corrected chi connectivity index (χ4v) is 2.59. The monoisotopic (exact) mass is 296 g/mol. The molecule has 0 aliphatic rings. The zero-order valence-corrected chi connectivity index (χ0v) is 11.7. The summed E-state index contributed by atoms with van der Waals surface area (Å²) < 4.78 is 0. The Kier molecular flexibility index (Phi) is 3.96. The maximum Gasteiger partial charge on any atom is 0.275 e. The minimum Gasteiger partial charge on any atom is -0.258 e. The summed E-state index contributed by atoms with van der Waals surface area (Å²) in [4.78, 5) is 22.7. The molecule has 0 saturated carbocycles. The number of pyridine rings is 1. The Labute approximate surface area is 118 Å². The van der Waals surface area contributed by atoms with E-state index in [0.29, 0.717) is 10.2 Å². The lowest BCUT2D eigenvalue weighted by molar-refractivity contribution is -0.385. The van der Waals surface area contributed by atoms with Crippen molar-refractivity contribution in [3.8, 4) is 0 Å². The van der Waals surface area contributed by atoms with Gasteiger partial charge in [0.25, 0.3) is 5.69 Å². The van der Waals surface area contributed by atoms with Gasteiger partial charge in [-0.25, -0.2) is 15.0 Å². The molecule has 2 rings (SSSR count). The van der Waals surface area contributed by atoms with Crippen LogP contribution in [0.25, 0.3) is 0 Å². The highest BCUT2D eigenvalue weighted by molar-refractivity contribution is 7.99. The lowest BCUT2D eigenvalue weighted by Gasteiger charge is -2.03. The molecule has 0 bridgehead atoms. The third-order valence-corrected chi connectivity index (χ3v) is 3.10. The van der Waals surface area contributed by atoms with Crippen LogP contribution < -0.4 is 0 Å². The Balaban J connectivity index is 2.35. The average Bonchev–Trinajstić information content (AvgIpc) is 2.26. The molecule has 0 fully saturated rings. The van der Waals surface area contributed by atoms with Crippen molar-refractivity contribution in [2.45, 2.75) is 24.0 Å². The van der Waals surface area contributed by atoms with Crippen LogP contribution in [0.1, 0.15) is 11.4 Å². The van der Waals surface area contributed by atoms with Gasteiger partial charge in [0.1, 0.15) is 10.2 Å². The molecule has 0 aliphatic carbocycles. The van der Waals surface area contributed by atoms with Crippen molar-refractivity contribution < 1.29 is 4.92 Å². The summed E-state index contributed by atoms with van der Waals surface area (Å²) in [6, 6.07) is 4.39. The van der Waals surface area contributed by atoms with Crippen molar-refractivity contribution in [3.05, 3.63) is 44.9 Å². The van der Waals surface area contributed by atoms with Crippen LogP contribution in [0.5, 0.6) is 0 Å². The Morgan fingerprint density at radius 3 is 2.37 bits per heavy atom.